The minimum atomic E-state index is -0.0947. The lowest BCUT2D eigenvalue weighted by Gasteiger charge is -2.30. The molecule has 40 heavy (non-hydrogen) atoms. The van der Waals surface area contributed by atoms with Crippen LogP contribution in [0.1, 0.15) is 53.0 Å². The molecule has 8 heteroatoms. The average molecular weight is 537 g/mol. The van der Waals surface area contributed by atoms with Crippen molar-refractivity contribution in [2.75, 3.05) is 7.11 Å². The van der Waals surface area contributed by atoms with Crippen LogP contribution in [-0.4, -0.2) is 37.2 Å². The van der Waals surface area contributed by atoms with Crippen molar-refractivity contribution in [3.8, 4) is 5.75 Å². The van der Waals surface area contributed by atoms with Crippen molar-refractivity contribution >= 4 is 10.9 Å². The summed E-state index contributed by atoms with van der Waals surface area (Å²) in [5.41, 5.74) is 6.21. The lowest BCUT2D eigenvalue weighted by atomic mass is 10.0. The van der Waals surface area contributed by atoms with Gasteiger partial charge in [-0.25, -0.2) is 4.68 Å². The Bertz CT molecular complexity index is 1630. The van der Waals surface area contributed by atoms with Gasteiger partial charge in [0.2, 0.25) is 0 Å². The smallest absolute Gasteiger partial charge is 0.252 e. The number of rotatable bonds is 11. The van der Waals surface area contributed by atoms with E-state index < -0.39 is 0 Å². The van der Waals surface area contributed by atoms with Crippen molar-refractivity contribution < 1.29 is 4.74 Å². The van der Waals surface area contributed by atoms with Crippen LogP contribution in [0.2, 0.25) is 0 Å². The molecule has 2 aromatic heterocycles. The van der Waals surface area contributed by atoms with Crippen LogP contribution in [0.4, 0.5) is 0 Å². The Hall–Kier alpha value is -4.30. The number of pyridine rings is 1. The van der Waals surface area contributed by atoms with Gasteiger partial charge in [-0.1, -0.05) is 49.4 Å². The van der Waals surface area contributed by atoms with Gasteiger partial charge in [0.25, 0.3) is 5.56 Å². The molecule has 0 radical (unpaired) electrons. The topological polar surface area (TPSA) is 88.9 Å². The maximum absolute atomic E-state index is 13.3. The minimum Gasteiger partial charge on any atom is -0.497 e. The van der Waals surface area contributed by atoms with E-state index >= 15 is 0 Å². The predicted molar refractivity (Wildman–Crippen MR) is 157 cm³/mol. The number of H-pyrrole nitrogens is 1. The number of methoxy groups -OCH3 is 1. The Morgan fingerprint density at radius 3 is 2.42 bits per heavy atom. The zero-order chi connectivity index (χ0) is 28.1. The Balaban J connectivity index is 1.49. The van der Waals surface area contributed by atoms with E-state index in [1.54, 1.807) is 7.11 Å². The van der Waals surface area contributed by atoms with E-state index in [-0.39, 0.29) is 11.6 Å². The summed E-state index contributed by atoms with van der Waals surface area (Å²) in [4.78, 5) is 18.7. The Kier molecular flexibility index (Phi) is 8.36. The Labute approximate surface area is 234 Å². The number of benzene rings is 3. The summed E-state index contributed by atoms with van der Waals surface area (Å²) < 4.78 is 7.26. The number of aryl methyl sites for hydroxylation is 4. The largest absolute Gasteiger partial charge is 0.497 e. The van der Waals surface area contributed by atoms with E-state index in [0.29, 0.717) is 25.2 Å². The second kappa shape index (κ2) is 12.3. The molecule has 0 fully saturated rings. The molecule has 0 saturated carbocycles. The normalized spacial score (nSPS) is 12.2. The number of aromatic nitrogens is 5. The summed E-state index contributed by atoms with van der Waals surface area (Å²) in [6, 6.07) is 24.5. The van der Waals surface area contributed by atoms with Gasteiger partial charge in [-0.15, -0.1) is 5.10 Å². The summed E-state index contributed by atoms with van der Waals surface area (Å²) in [6.07, 6.45) is 1.61. The van der Waals surface area contributed by atoms with Crippen LogP contribution in [0.5, 0.6) is 5.75 Å². The zero-order valence-electron chi connectivity index (χ0n) is 23.6. The van der Waals surface area contributed by atoms with Gasteiger partial charge in [-0.2, -0.15) is 0 Å². The summed E-state index contributed by atoms with van der Waals surface area (Å²) in [6.45, 7) is 8.04. The van der Waals surface area contributed by atoms with Gasteiger partial charge in [0.05, 0.1) is 13.2 Å². The third-order valence-corrected chi connectivity index (χ3v) is 7.59. The van der Waals surface area contributed by atoms with Gasteiger partial charge in [-0.3, -0.25) is 9.69 Å². The highest BCUT2D eigenvalue weighted by Crippen LogP contribution is 2.27. The fourth-order valence-corrected chi connectivity index (χ4v) is 5.19. The summed E-state index contributed by atoms with van der Waals surface area (Å²) >= 11 is 0. The SMILES string of the molecule is CC[C@H](c1nnnn1CCc1ccccc1)N(Cc1ccc(OC)cc1)Cc1cc2cc(C)c(C)cc2[nH]c1=O. The van der Waals surface area contributed by atoms with E-state index in [1.165, 1.54) is 11.1 Å². The number of tetrazole rings is 1. The first-order valence-electron chi connectivity index (χ1n) is 13.7. The zero-order valence-corrected chi connectivity index (χ0v) is 23.6. The quantitative estimate of drug-likeness (QED) is 0.239. The number of fused-ring (bicyclic) bond motifs is 1. The molecular weight excluding hydrogens is 500 g/mol. The van der Waals surface area contributed by atoms with Crippen molar-refractivity contribution in [3.05, 3.63) is 117 Å². The van der Waals surface area contributed by atoms with Crippen LogP contribution in [-0.2, 0) is 26.1 Å². The van der Waals surface area contributed by atoms with Crippen LogP contribution >= 0.6 is 0 Å². The molecule has 3 aromatic carbocycles. The molecule has 0 aliphatic rings. The van der Waals surface area contributed by atoms with Crippen molar-refractivity contribution in [2.45, 2.75) is 59.3 Å². The van der Waals surface area contributed by atoms with Gasteiger partial charge in [0, 0.05) is 30.7 Å². The first-order chi connectivity index (χ1) is 19.4. The second-order valence-electron chi connectivity index (χ2n) is 10.3. The summed E-state index contributed by atoms with van der Waals surface area (Å²) in [7, 11) is 1.67. The van der Waals surface area contributed by atoms with E-state index in [0.717, 1.165) is 46.4 Å². The molecule has 5 rings (SSSR count). The van der Waals surface area contributed by atoms with E-state index in [1.807, 2.05) is 47.1 Å². The number of nitrogens with one attached hydrogen (secondary N) is 1. The molecule has 0 aliphatic carbocycles. The fraction of sp³-hybridized carbons (Fsp3) is 0.312. The molecular formula is C32H36N6O2. The van der Waals surface area contributed by atoms with Crippen LogP contribution in [0.15, 0.2) is 77.6 Å². The molecule has 8 nitrogen and oxygen atoms in total. The number of nitrogens with zero attached hydrogens (tertiary/aromatic N) is 5. The van der Waals surface area contributed by atoms with Gasteiger partial charge < -0.3 is 9.72 Å². The summed E-state index contributed by atoms with van der Waals surface area (Å²) in [5, 5.41) is 13.9. The molecule has 5 aromatic rings. The monoisotopic (exact) mass is 536 g/mol. The standard InChI is InChI=1S/C32H36N6O2/c1-5-30(31-34-35-36-38(31)16-15-24-9-7-6-8-10-24)37(20-25-11-13-28(40-4)14-12-25)21-27-19-26-17-22(2)23(3)18-29(26)33-32(27)39/h6-14,17-19,30H,5,15-16,20-21H2,1-4H3,(H,33,39)/t30-/m1/s1. The average Bonchev–Trinajstić information content (AvgIpc) is 3.43. The van der Waals surface area contributed by atoms with Gasteiger partial charge in [0.15, 0.2) is 5.82 Å². The molecule has 206 valence electrons. The van der Waals surface area contributed by atoms with E-state index in [4.69, 9.17) is 4.74 Å². The van der Waals surface area contributed by atoms with Crippen LogP contribution in [0, 0.1) is 13.8 Å². The van der Waals surface area contributed by atoms with Gasteiger partial charge in [0.1, 0.15) is 5.75 Å². The number of aromatic amines is 1. The third kappa shape index (κ3) is 6.13. The first-order valence-corrected chi connectivity index (χ1v) is 13.7. The molecule has 0 unspecified atom stereocenters. The lowest BCUT2D eigenvalue weighted by molar-refractivity contribution is 0.160. The number of hydrogen-bond acceptors (Lipinski definition) is 6. The third-order valence-electron chi connectivity index (χ3n) is 7.59. The fourth-order valence-electron chi connectivity index (χ4n) is 5.19. The molecule has 0 spiro atoms. The number of hydrogen-bond donors (Lipinski definition) is 1. The molecule has 0 saturated heterocycles. The molecule has 0 aliphatic heterocycles. The van der Waals surface area contributed by atoms with Gasteiger partial charge in [-0.05, 0) is 95.1 Å². The van der Waals surface area contributed by atoms with Crippen molar-refractivity contribution in [1.29, 1.82) is 0 Å². The number of ether oxygens (including phenoxy) is 1. The highest BCUT2D eigenvalue weighted by Gasteiger charge is 2.26. The summed E-state index contributed by atoms with van der Waals surface area (Å²) in [5.74, 6) is 1.61. The maximum atomic E-state index is 13.3. The van der Waals surface area contributed by atoms with Crippen molar-refractivity contribution in [3.63, 3.8) is 0 Å². The van der Waals surface area contributed by atoms with E-state index in [9.17, 15) is 4.79 Å². The maximum Gasteiger partial charge on any atom is 0.252 e. The molecule has 2 heterocycles. The molecule has 1 atom stereocenters. The molecule has 1 N–H and O–H groups in total. The predicted octanol–water partition coefficient (Wildman–Crippen LogP) is 5.54. The first kappa shape index (κ1) is 27.3. The van der Waals surface area contributed by atoms with Crippen LogP contribution < -0.4 is 10.3 Å². The second-order valence-corrected chi connectivity index (χ2v) is 10.3. The van der Waals surface area contributed by atoms with Crippen molar-refractivity contribution in [1.82, 2.24) is 30.1 Å². The van der Waals surface area contributed by atoms with Crippen LogP contribution in [0.25, 0.3) is 10.9 Å². The van der Waals surface area contributed by atoms with Crippen LogP contribution in [0.3, 0.4) is 0 Å². The van der Waals surface area contributed by atoms with Crippen molar-refractivity contribution in [2.24, 2.45) is 0 Å². The molecule has 0 amide bonds. The van der Waals surface area contributed by atoms with E-state index in [2.05, 4.69) is 76.5 Å². The Morgan fingerprint density at radius 2 is 1.70 bits per heavy atom. The minimum absolute atomic E-state index is 0.0750. The highest BCUT2D eigenvalue weighted by atomic mass is 16.5. The lowest BCUT2D eigenvalue weighted by Crippen LogP contribution is -2.32. The Morgan fingerprint density at radius 1 is 0.950 bits per heavy atom. The van der Waals surface area contributed by atoms with Gasteiger partial charge >= 0.3 is 0 Å². The highest BCUT2D eigenvalue weighted by molar-refractivity contribution is 5.80. The molecule has 0 bridgehead atoms.